The van der Waals surface area contributed by atoms with Crippen molar-refractivity contribution in [1.82, 2.24) is 0 Å². The fourth-order valence-electron chi connectivity index (χ4n) is 2.64. The molecule has 1 aliphatic rings. The fourth-order valence-corrected chi connectivity index (χ4v) is 2.64. The highest BCUT2D eigenvalue weighted by atomic mass is 16.5. The van der Waals surface area contributed by atoms with Crippen LogP contribution in [0.4, 0.5) is 0 Å². The van der Waals surface area contributed by atoms with Gasteiger partial charge in [-0.15, -0.1) is 0 Å². The number of aryl methyl sites for hydroxylation is 1. The van der Waals surface area contributed by atoms with Gasteiger partial charge in [0.25, 0.3) is 0 Å². The van der Waals surface area contributed by atoms with E-state index in [2.05, 4.69) is 6.08 Å². The summed E-state index contributed by atoms with van der Waals surface area (Å²) < 4.78 is 5.43. The lowest BCUT2D eigenvalue weighted by atomic mass is 9.92. The molecule has 0 saturated carbocycles. The van der Waals surface area contributed by atoms with Crippen molar-refractivity contribution in [2.45, 2.75) is 46.0 Å². The number of rotatable bonds is 4. The summed E-state index contributed by atoms with van der Waals surface area (Å²) in [5.74, 6) is 0.912. The van der Waals surface area contributed by atoms with Gasteiger partial charge < -0.3 is 4.74 Å². The molecular weight excluding hydrogens is 236 g/mol. The van der Waals surface area contributed by atoms with Crippen molar-refractivity contribution in [2.24, 2.45) is 0 Å². The predicted molar refractivity (Wildman–Crippen MR) is 78.0 cm³/mol. The Morgan fingerprint density at radius 2 is 2.05 bits per heavy atom. The second-order valence-corrected chi connectivity index (χ2v) is 5.30. The van der Waals surface area contributed by atoms with Crippen LogP contribution in [0.2, 0.25) is 0 Å². The largest absolute Gasteiger partial charge is 0.496 e. The van der Waals surface area contributed by atoms with Crippen molar-refractivity contribution in [2.75, 3.05) is 7.11 Å². The van der Waals surface area contributed by atoms with Crippen LogP contribution in [0.25, 0.3) is 0 Å². The van der Waals surface area contributed by atoms with Crippen LogP contribution in [0.5, 0.6) is 5.75 Å². The number of carbonyl (C=O) groups is 1. The molecule has 19 heavy (non-hydrogen) atoms. The highest BCUT2D eigenvalue weighted by Crippen LogP contribution is 2.29. The molecule has 102 valence electrons. The minimum absolute atomic E-state index is 0.174. The molecule has 0 unspecified atom stereocenters. The number of ether oxygens (including phenoxy) is 1. The van der Waals surface area contributed by atoms with E-state index in [1.54, 1.807) is 7.11 Å². The first-order chi connectivity index (χ1) is 9.13. The number of allylic oxidation sites excluding steroid dienone is 2. The molecule has 0 N–H and O–H groups in total. The number of hydrogen-bond acceptors (Lipinski definition) is 2. The van der Waals surface area contributed by atoms with Crippen molar-refractivity contribution in [3.05, 3.63) is 40.5 Å². The van der Waals surface area contributed by atoms with E-state index in [1.165, 1.54) is 18.4 Å². The van der Waals surface area contributed by atoms with Gasteiger partial charge in [-0.1, -0.05) is 17.7 Å². The van der Waals surface area contributed by atoms with Crippen molar-refractivity contribution in [3.8, 4) is 5.75 Å². The molecule has 2 rings (SSSR count). The van der Waals surface area contributed by atoms with Crippen LogP contribution in [-0.2, 0) is 0 Å². The van der Waals surface area contributed by atoms with Gasteiger partial charge in [0, 0.05) is 6.42 Å². The molecule has 1 aromatic carbocycles. The predicted octanol–water partition coefficient (Wildman–Crippen LogP) is 4.39. The molecule has 1 aliphatic carbocycles. The first kappa shape index (κ1) is 13.9. The number of hydrogen-bond donors (Lipinski definition) is 0. The number of methoxy groups -OCH3 is 1. The van der Waals surface area contributed by atoms with Crippen molar-refractivity contribution in [1.29, 1.82) is 0 Å². The van der Waals surface area contributed by atoms with Gasteiger partial charge in [0.1, 0.15) is 5.75 Å². The van der Waals surface area contributed by atoms with Crippen LogP contribution in [0, 0.1) is 13.8 Å². The summed E-state index contributed by atoms with van der Waals surface area (Å²) in [5.41, 5.74) is 4.23. The lowest BCUT2D eigenvalue weighted by Crippen LogP contribution is -2.07. The summed E-state index contributed by atoms with van der Waals surface area (Å²) in [7, 11) is 1.64. The Kier molecular flexibility index (Phi) is 4.41. The second-order valence-electron chi connectivity index (χ2n) is 5.30. The monoisotopic (exact) mass is 258 g/mol. The van der Waals surface area contributed by atoms with Crippen LogP contribution in [-0.4, -0.2) is 12.9 Å². The molecule has 0 bridgehead atoms. The normalized spacial score (nSPS) is 15.0. The summed E-state index contributed by atoms with van der Waals surface area (Å²) in [6.45, 7) is 4.04. The summed E-state index contributed by atoms with van der Waals surface area (Å²) in [4.78, 5) is 12.4. The zero-order valence-electron chi connectivity index (χ0n) is 12.1. The quantitative estimate of drug-likeness (QED) is 0.591. The molecule has 0 fully saturated rings. The van der Waals surface area contributed by atoms with Crippen LogP contribution in [0.15, 0.2) is 23.8 Å². The van der Waals surface area contributed by atoms with Crippen LogP contribution in [0.3, 0.4) is 0 Å². The van der Waals surface area contributed by atoms with E-state index in [0.29, 0.717) is 6.42 Å². The summed E-state index contributed by atoms with van der Waals surface area (Å²) in [5, 5.41) is 0. The lowest BCUT2D eigenvalue weighted by Gasteiger charge is -2.15. The molecule has 0 saturated heterocycles. The Morgan fingerprint density at radius 1 is 1.26 bits per heavy atom. The third kappa shape index (κ3) is 3.06. The Hall–Kier alpha value is -1.57. The van der Waals surface area contributed by atoms with Crippen LogP contribution < -0.4 is 4.74 Å². The van der Waals surface area contributed by atoms with E-state index in [0.717, 1.165) is 35.3 Å². The molecule has 0 aliphatic heterocycles. The van der Waals surface area contributed by atoms with E-state index in [-0.39, 0.29) is 5.78 Å². The molecule has 2 nitrogen and oxygen atoms in total. The summed E-state index contributed by atoms with van der Waals surface area (Å²) >= 11 is 0. The van der Waals surface area contributed by atoms with Gasteiger partial charge in [-0.05, 0) is 56.7 Å². The Bertz CT molecular complexity index is 512. The average Bonchev–Trinajstić information content (AvgIpc) is 2.42. The topological polar surface area (TPSA) is 26.3 Å². The molecular formula is C17H22O2. The Balaban J connectivity index is 2.23. The highest BCUT2D eigenvalue weighted by molar-refractivity contribution is 6.00. The first-order valence-corrected chi connectivity index (χ1v) is 6.98. The summed E-state index contributed by atoms with van der Waals surface area (Å²) in [6, 6.07) is 3.90. The minimum atomic E-state index is 0.174. The van der Waals surface area contributed by atoms with Crippen LogP contribution >= 0.6 is 0 Å². The number of benzene rings is 1. The maximum atomic E-state index is 12.4. The highest BCUT2D eigenvalue weighted by Gasteiger charge is 2.17. The molecule has 0 atom stereocenters. The first-order valence-electron chi connectivity index (χ1n) is 6.98. The van der Waals surface area contributed by atoms with Gasteiger partial charge in [-0.25, -0.2) is 0 Å². The summed E-state index contributed by atoms with van der Waals surface area (Å²) in [6.07, 6.45) is 7.42. The number of Topliss-reactive ketones (excluding diaryl/α,β-unsaturated/α-hetero) is 1. The molecule has 0 aromatic heterocycles. The molecule has 0 spiro atoms. The average molecular weight is 258 g/mol. The molecule has 2 heteroatoms. The van der Waals surface area contributed by atoms with E-state index in [9.17, 15) is 4.79 Å². The zero-order chi connectivity index (χ0) is 13.8. The van der Waals surface area contributed by atoms with Gasteiger partial charge in [0.15, 0.2) is 5.78 Å². The molecule has 0 amide bonds. The third-order valence-electron chi connectivity index (χ3n) is 3.95. The molecule has 0 heterocycles. The maximum Gasteiger partial charge on any atom is 0.170 e. The minimum Gasteiger partial charge on any atom is -0.496 e. The van der Waals surface area contributed by atoms with Gasteiger partial charge >= 0.3 is 0 Å². The van der Waals surface area contributed by atoms with Gasteiger partial charge in [-0.3, -0.25) is 4.79 Å². The number of carbonyl (C=O) groups excluding carboxylic acids is 1. The molecule has 1 aromatic rings. The third-order valence-corrected chi connectivity index (χ3v) is 3.95. The maximum absolute atomic E-state index is 12.4. The van der Waals surface area contributed by atoms with Gasteiger partial charge in [0.05, 0.1) is 12.7 Å². The Morgan fingerprint density at radius 3 is 2.68 bits per heavy atom. The van der Waals surface area contributed by atoms with E-state index < -0.39 is 0 Å². The molecule has 0 radical (unpaired) electrons. The number of ketones is 1. The van der Waals surface area contributed by atoms with E-state index in [4.69, 9.17) is 4.74 Å². The van der Waals surface area contributed by atoms with Crippen molar-refractivity contribution < 1.29 is 9.53 Å². The lowest BCUT2D eigenvalue weighted by molar-refractivity contribution is 0.0988. The van der Waals surface area contributed by atoms with E-state index >= 15 is 0 Å². The van der Waals surface area contributed by atoms with Crippen LogP contribution in [0.1, 0.15) is 53.6 Å². The van der Waals surface area contributed by atoms with Crippen molar-refractivity contribution >= 4 is 5.78 Å². The van der Waals surface area contributed by atoms with Gasteiger partial charge in [-0.2, -0.15) is 0 Å². The standard InChI is InChI=1S/C17H22O2/c1-12-9-10-15(17(19-3)13(12)2)16(18)11-14-7-5-4-6-8-14/h7,9-10H,4-6,8,11H2,1-3H3. The van der Waals surface area contributed by atoms with Crippen molar-refractivity contribution in [3.63, 3.8) is 0 Å². The van der Waals surface area contributed by atoms with E-state index in [1.807, 2.05) is 26.0 Å². The fraction of sp³-hybridized carbons (Fsp3) is 0.471. The SMILES string of the molecule is COc1c(C(=O)CC2=CCCCC2)ccc(C)c1C. The second kappa shape index (κ2) is 6.05. The smallest absolute Gasteiger partial charge is 0.170 e. The Labute approximate surface area is 115 Å². The zero-order valence-corrected chi connectivity index (χ0v) is 12.1. The van der Waals surface area contributed by atoms with Gasteiger partial charge in [0.2, 0.25) is 0 Å².